The van der Waals surface area contributed by atoms with Gasteiger partial charge in [-0.2, -0.15) is 0 Å². The fourth-order valence-corrected chi connectivity index (χ4v) is 2.46. The van der Waals surface area contributed by atoms with E-state index in [4.69, 9.17) is 15.2 Å². The minimum Gasteiger partial charge on any atom is -0.489 e. The number of hydrogen-bond donors (Lipinski definition) is 2. The number of primary amides is 1. The summed E-state index contributed by atoms with van der Waals surface area (Å²) < 4.78 is 10.8. The zero-order valence-electron chi connectivity index (χ0n) is 17.0. The third-order valence-electron chi connectivity index (χ3n) is 4.21. The van der Waals surface area contributed by atoms with Crippen molar-refractivity contribution in [3.8, 4) is 5.75 Å². The summed E-state index contributed by atoms with van der Waals surface area (Å²) >= 11 is 0. The first-order valence-electron chi connectivity index (χ1n) is 9.20. The Hall–Kier alpha value is -3.35. The van der Waals surface area contributed by atoms with E-state index in [2.05, 4.69) is 20.8 Å². The number of benzene rings is 2. The van der Waals surface area contributed by atoms with Gasteiger partial charge in [0.15, 0.2) is 6.10 Å². The Morgan fingerprint density at radius 3 is 2.10 bits per heavy atom. The van der Waals surface area contributed by atoms with E-state index in [0.29, 0.717) is 6.61 Å². The van der Waals surface area contributed by atoms with Gasteiger partial charge in [0.2, 0.25) is 0 Å². The number of urea groups is 1. The fraction of sp³-hybridized carbons (Fsp3) is 0.318. The number of carbonyl (C=O) groups is 3. The summed E-state index contributed by atoms with van der Waals surface area (Å²) in [6.07, 6.45) is -1.14. The third kappa shape index (κ3) is 6.64. The maximum Gasteiger partial charge on any atom is 0.338 e. The molecule has 0 aliphatic rings. The molecule has 0 saturated heterocycles. The van der Waals surface area contributed by atoms with Crippen LogP contribution in [0.2, 0.25) is 0 Å². The van der Waals surface area contributed by atoms with Crippen molar-refractivity contribution in [2.45, 2.75) is 45.8 Å². The molecule has 2 aromatic carbocycles. The molecular weight excluding hydrogens is 372 g/mol. The van der Waals surface area contributed by atoms with Gasteiger partial charge in [0, 0.05) is 0 Å². The van der Waals surface area contributed by atoms with Crippen LogP contribution in [0.5, 0.6) is 5.75 Å². The molecule has 3 N–H and O–H groups in total. The summed E-state index contributed by atoms with van der Waals surface area (Å²) in [7, 11) is 0. The largest absolute Gasteiger partial charge is 0.489 e. The van der Waals surface area contributed by atoms with Crippen molar-refractivity contribution in [1.82, 2.24) is 5.32 Å². The lowest BCUT2D eigenvalue weighted by atomic mass is 9.87. The number of nitrogens with two attached hydrogens (primary N) is 1. The lowest BCUT2D eigenvalue weighted by Crippen LogP contribution is -2.42. The summed E-state index contributed by atoms with van der Waals surface area (Å²) in [6.45, 7) is 8.16. The van der Waals surface area contributed by atoms with Gasteiger partial charge >= 0.3 is 12.0 Å². The van der Waals surface area contributed by atoms with E-state index in [0.717, 1.165) is 11.3 Å². The second kappa shape index (κ2) is 9.23. The summed E-state index contributed by atoms with van der Waals surface area (Å²) in [4.78, 5) is 34.3. The van der Waals surface area contributed by atoms with Crippen LogP contribution in [0.15, 0.2) is 48.5 Å². The second-order valence-electron chi connectivity index (χ2n) is 7.66. The molecule has 2 rings (SSSR count). The Balaban J connectivity index is 1.90. The van der Waals surface area contributed by atoms with Gasteiger partial charge in [-0.25, -0.2) is 9.59 Å². The number of imide groups is 1. The average molecular weight is 398 g/mol. The van der Waals surface area contributed by atoms with Crippen LogP contribution in [-0.4, -0.2) is 24.0 Å². The third-order valence-corrected chi connectivity index (χ3v) is 4.21. The monoisotopic (exact) mass is 398 g/mol. The molecule has 1 unspecified atom stereocenters. The highest BCUT2D eigenvalue weighted by molar-refractivity contribution is 5.98. The van der Waals surface area contributed by atoms with E-state index in [-0.39, 0.29) is 11.0 Å². The van der Waals surface area contributed by atoms with Gasteiger partial charge in [0.25, 0.3) is 5.91 Å². The van der Waals surface area contributed by atoms with Crippen LogP contribution >= 0.6 is 0 Å². The summed E-state index contributed by atoms with van der Waals surface area (Å²) in [5.74, 6) is -0.702. The summed E-state index contributed by atoms with van der Waals surface area (Å²) in [5, 5.41) is 1.86. The molecule has 0 saturated carbocycles. The first-order valence-corrected chi connectivity index (χ1v) is 9.20. The minimum absolute atomic E-state index is 0.0843. The molecule has 0 aliphatic carbocycles. The SMILES string of the molecule is CC(OC(=O)c1ccc(COc2ccc(C(C)(C)C)cc2)cc1)C(=O)NC(N)=O. The maximum atomic E-state index is 12.1. The highest BCUT2D eigenvalue weighted by atomic mass is 16.5. The molecule has 7 heteroatoms. The zero-order chi connectivity index (χ0) is 21.6. The van der Waals surface area contributed by atoms with Crippen molar-refractivity contribution >= 4 is 17.9 Å². The molecule has 29 heavy (non-hydrogen) atoms. The van der Waals surface area contributed by atoms with Gasteiger partial charge in [0.05, 0.1) is 5.56 Å². The van der Waals surface area contributed by atoms with E-state index in [1.165, 1.54) is 12.5 Å². The number of hydrogen-bond acceptors (Lipinski definition) is 5. The number of carbonyl (C=O) groups excluding carboxylic acids is 3. The van der Waals surface area contributed by atoms with Crippen LogP contribution in [0.25, 0.3) is 0 Å². The number of rotatable bonds is 6. The van der Waals surface area contributed by atoms with Crippen molar-refractivity contribution in [3.63, 3.8) is 0 Å². The maximum absolute atomic E-state index is 12.1. The molecular formula is C22H26N2O5. The molecule has 0 aromatic heterocycles. The molecule has 0 spiro atoms. The van der Waals surface area contributed by atoms with E-state index < -0.39 is 24.0 Å². The van der Waals surface area contributed by atoms with Gasteiger partial charge in [-0.05, 0) is 47.7 Å². The first kappa shape index (κ1) is 21.9. The van der Waals surface area contributed by atoms with Crippen LogP contribution in [-0.2, 0) is 21.6 Å². The lowest BCUT2D eigenvalue weighted by molar-refractivity contribution is -0.127. The summed E-state index contributed by atoms with van der Waals surface area (Å²) in [6, 6.07) is 13.6. The topological polar surface area (TPSA) is 108 Å². The van der Waals surface area contributed by atoms with Gasteiger partial charge < -0.3 is 15.2 Å². The molecule has 0 bridgehead atoms. The lowest BCUT2D eigenvalue weighted by Gasteiger charge is -2.19. The van der Waals surface area contributed by atoms with Gasteiger partial charge in [-0.15, -0.1) is 0 Å². The van der Waals surface area contributed by atoms with Crippen molar-refractivity contribution < 1.29 is 23.9 Å². The van der Waals surface area contributed by atoms with Crippen molar-refractivity contribution in [2.75, 3.05) is 0 Å². The second-order valence-corrected chi connectivity index (χ2v) is 7.66. The van der Waals surface area contributed by atoms with E-state index in [1.807, 2.05) is 29.6 Å². The predicted molar refractivity (Wildman–Crippen MR) is 109 cm³/mol. The molecule has 1 atom stereocenters. The fourth-order valence-electron chi connectivity index (χ4n) is 2.46. The minimum atomic E-state index is -1.14. The van der Waals surface area contributed by atoms with E-state index in [1.54, 1.807) is 24.3 Å². The summed E-state index contributed by atoms with van der Waals surface area (Å²) in [5.41, 5.74) is 7.33. The molecule has 0 radical (unpaired) electrons. The smallest absolute Gasteiger partial charge is 0.338 e. The Labute approximate surface area is 170 Å². The predicted octanol–water partition coefficient (Wildman–Crippen LogP) is 3.30. The van der Waals surface area contributed by atoms with Crippen molar-refractivity contribution in [2.24, 2.45) is 5.73 Å². The van der Waals surface area contributed by atoms with Gasteiger partial charge in [-0.3, -0.25) is 10.1 Å². The van der Waals surface area contributed by atoms with Crippen LogP contribution in [0.4, 0.5) is 4.79 Å². The van der Waals surface area contributed by atoms with Gasteiger partial charge in [-0.1, -0.05) is 45.0 Å². The van der Waals surface area contributed by atoms with Crippen LogP contribution < -0.4 is 15.8 Å². The number of esters is 1. The molecule has 154 valence electrons. The average Bonchev–Trinajstić information content (AvgIpc) is 2.65. The highest BCUT2D eigenvalue weighted by Gasteiger charge is 2.20. The number of nitrogens with one attached hydrogen (secondary N) is 1. The quantitative estimate of drug-likeness (QED) is 0.726. The number of ether oxygens (including phenoxy) is 2. The van der Waals surface area contributed by atoms with Crippen molar-refractivity contribution in [1.29, 1.82) is 0 Å². The Kier molecular flexibility index (Phi) is 6.98. The molecule has 7 nitrogen and oxygen atoms in total. The Morgan fingerprint density at radius 2 is 1.59 bits per heavy atom. The normalized spacial score (nSPS) is 12.0. The molecule has 2 aromatic rings. The van der Waals surface area contributed by atoms with E-state index >= 15 is 0 Å². The molecule has 0 heterocycles. The molecule has 0 aliphatic heterocycles. The Morgan fingerprint density at radius 1 is 1.00 bits per heavy atom. The van der Waals surface area contributed by atoms with Crippen molar-refractivity contribution in [3.05, 3.63) is 65.2 Å². The highest BCUT2D eigenvalue weighted by Crippen LogP contribution is 2.24. The molecule has 0 fully saturated rings. The van der Waals surface area contributed by atoms with Crippen LogP contribution in [0.1, 0.15) is 49.2 Å². The Bertz CT molecular complexity index is 868. The van der Waals surface area contributed by atoms with E-state index in [9.17, 15) is 14.4 Å². The number of amides is 3. The standard InChI is InChI=1S/C22H26N2O5/c1-14(19(25)24-21(23)27)29-20(26)16-7-5-15(6-8-16)13-28-18-11-9-17(10-12-18)22(2,3)4/h5-12,14H,13H2,1-4H3,(H3,23,24,25,27). The van der Waals surface area contributed by atoms with Gasteiger partial charge in [0.1, 0.15) is 12.4 Å². The van der Waals surface area contributed by atoms with Crippen LogP contribution in [0, 0.1) is 0 Å². The first-order chi connectivity index (χ1) is 13.6. The van der Waals surface area contributed by atoms with Crippen LogP contribution in [0.3, 0.4) is 0 Å². The zero-order valence-corrected chi connectivity index (χ0v) is 17.0. The molecule has 3 amide bonds.